The molecule has 0 fully saturated rings. The van der Waals surface area contributed by atoms with E-state index in [0.717, 1.165) is 5.69 Å². The summed E-state index contributed by atoms with van der Waals surface area (Å²) in [7, 11) is 1.60. The first kappa shape index (κ1) is 13.2. The van der Waals surface area contributed by atoms with Crippen molar-refractivity contribution < 1.29 is 4.79 Å². The predicted octanol–water partition coefficient (Wildman–Crippen LogP) is 1.52. The molecule has 1 amide bonds. The molecule has 0 saturated carbocycles. The number of benzene rings is 1. The molecule has 1 rings (SSSR count). The number of carbonyl (C=O) groups excluding carboxylic acids is 1. The maximum atomic E-state index is 11.4. The van der Waals surface area contributed by atoms with Crippen LogP contribution in [0.15, 0.2) is 36.9 Å². The Morgan fingerprint density at radius 3 is 2.94 bits per heavy atom. The number of hydrogen-bond acceptors (Lipinski definition) is 2. The number of thiocarbonyl (C=S) groups is 1. The van der Waals surface area contributed by atoms with Gasteiger partial charge in [0, 0.05) is 24.8 Å². The first-order valence-electron chi connectivity index (χ1n) is 5.15. The van der Waals surface area contributed by atoms with Crippen LogP contribution in [0.1, 0.15) is 10.4 Å². The van der Waals surface area contributed by atoms with Crippen LogP contribution in [0, 0.1) is 0 Å². The van der Waals surface area contributed by atoms with Gasteiger partial charge in [0.15, 0.2) is 5.11 Å². The van der Waals surface area contributed by atoms with Crippen molar-refractivity contribution in [1.29, 1.82) is 0 Å². The van der Waals surface area contributed by atoms with Crippen molar-refractivity contribution in [2.75, 3.05) is 18.9 Å². The number of rotatable bonds is 4. The molecule has 1 aromatic carbocycles. The molecule has 0 atom stereocenters. The Hall–Kier alpha value is -1.88. The van der Waals surface area contributed by atoms with Gasteiger partial charge < -0.3 is 16.0 Å². The zero-order chi connectivity index (χ0) is 12.7. The van der Waals surface area contributed by atoms with Crippen LogP contribution >= 0.6 is 12.2 Å². The van der Waals surface area contributed by atoms with Crippen molar-refractivity contribution >= 4 is 28.9 Å². The van der Waals surface area contributed by atoms with Gasteiger partial charge in [-0.05, 0) is 30.4 Å². The normalized spacial score (nSPS) is 9.24. The summed E-state index contributed by atoms with van der Waals surface area (Å²) in [4.78, 5) is 11.4. The Kier molecular flexibility index (Phi) is 5.16. The molecule has 0 aromatic heterocycles. The summed E-state index contributed by atoms with van der Waals surface area (Å²) in [6.45, 7) is 4.18. The fraction of sp³-hybridized carbons (Fsp3) is 0.167. The molecule has 4 nitrogen and oxygen atoms in total. The van der Waals surface area contributed by atoms with E-state index < -0.39 is 0 Å². The van der Waals surface area contributed by atoms with Crippen LogP contribution in [-0.2, 0) is 0 Å². The van der Waals surface area contributed by atoms with Gasteiger partial charge in [-0.2, -0.15) is 0 Å². The van der Waals surface area contributed by atoms with Crippen LogP contribution in [0.25, 0.3) is 0 Å². The lowest BCUT2D eigenvalue weighted by Gasteiger charge is -2.09. The Labute approximate surface area is 106 Å². The highest BCUT2D eigenvalue weighted by atomic mass is 32.1. The molecule has 0 saturated heterocycles. The second-order valence-corrected chi connectivity index (χ2v) is 3.69. The maximum absolute atomic E-state index is 11.4. The smallest absolute Gasteiger partial charge is 0.251 e. The average Bonchev–Trinajstić information content (AvgIpc) is 2.35. The molecule has 17 heavy (non-hydrogen) atoms. The first-order chi connectivity index (χ1) is 8.17. The second-order valence-electron chi connectivity index (χ2n) is 3.28. The van der Waals surface area contributed by atoms with Gasteiger partial charge in [0.1, 0.15) is 0 Å². The van der Waals surface area contributed by atoms with Crippen LogP contribution in [0.4, 0.5) is 5.69 Å². The molecule has 0 spiro atoms. The Morgan fingerprint density at radius 1 is 1.53 bits per heavy atom. The van der Waals surface area contributed by atoms with Gasteiger partial charge in [0.25, 0.3) is 5.91 Å². The number of carbonyl (C=O) groups is 1. The molecule has 0 unspecified atom stereocenters. The molecule has 0 heterocycles. The van der Waals surface area contributed by atoms with E-state index in [0.29, 0.717) is 17.2 Å². The fourth-order valence-corrected chi connectivity index (χ4v) is 1.42. The summed E-state index contributed by atoms with van der Waals surface area (Å²) in [5.74, 6) is -0.126. The van der Waals surface area contributed by atoms with E-state index in [1.807, 2.05) is 6.07 Å². The molecule has 0 radical (unpaired) electrons. The van der Waals surface area contributed by atoms with Gasteiger partial charge in [0.2, 0.25) is 0 Å². The topological polar surface area (TPSA) is 53.2 Å². The van der Waals surface area contributed by atoms with E-state index in [-0.39, 0.29) is 5.91 Å². The van der Waals surface area contributed by atoms with E-state index >= 15 is 0 Å². The lowest BCUT2D eigenvalue weighted by atomic mass is 10.2. The van der Waals surface area contributed by atoms with Gasteiger partial charge in [-0.1, -0.05) is 12.1 Å². The summed E-state index contributed by atoms with van der Waals surface area (Å²) in [6.07, 6.45) is 1.72. The minimum Gasteiger partial charge on any atom is -0.359 e. The van der Waals surface area contributed by atoms with E-state index in [9.17, 15) is 4.79 Å². The number of anilines is 1. The summed E-state index contributed by atoms with van der Waals surface area (Å²) in [6, 6.07) is 7.11. The minimum absolute atomic E-state index is 0.126. The van der Waals surface area contributed by atoms with Crippen molar-refractivity contribution in [2.45, 2.75) is 0 Å². The fourth-order valence-electron chi connectivity index (χ4n) is 1.22. The summed E-state index contributed by atoms with van der Waals surface area (Å²) in [5.41, 5.74) is 1.36. The largest absolute Gasteiger partial charge is 0.359 e. The summed E-state index contributed by atoms with van der Waals surface area (Å²) in [5, 5.41) is 9.00. The quantitative estimate of drug-likeness (QED) is 0.559. The summed E-state index contributed by atoms with van der Waals surface area (Å²) >= 11 is 5.07. The first-order valence-corrected chi connectivity index (χ1v) is 5.56. The molecule has 5 heteroatoms. The third kappa shape index (κ3) is 4.24. The minimum atomic E-state index is -0.126. The average molecular weight is 249 g/mol. The van der Waals surface area contributed by atoms with Crippen LogP contribution in [0.2, 0.25) is 0 Å². The monoisotopic (exact) mass is 249 g/mol. The van der Waals surface area contributed by atoms with Gasteiger partial charge in [-0.25, -0.2) is 0 Å². The molecule has 0 aliphatic carbocycles. The summed E-state index contributed by atoms with van der Waals surface area (Å²) < 4.78 is 0. The van der Waals surface area contributed by atoms with E-state index in [1.165, 1.54) is 0 Å². The highest BCUT2D eigenvalue weighted by Crippen LogP contribution is 2.10. The number of amides is 1. The molecular formula is C12H15N3OS. The standard InChI is InChI=1S/C12H15N3OS/c1-3-7-14-12(17)15-10-6-4-5-9(8-10)11(16)13-2/h3-6,8H,1,7H2,2H3,(H,13,16)(H2,14,15,17). The molecule has 0 bridgehead atoms. The molecule has 90 valence electrons. The molecule has 0 aliphatic rings. The lowest BCUT2D eigenvalue weighted by molar-refractivity contribution is 0.0963. The third-order valence-electron chi connectivity index (χ3n) is 2.02. The SMILES string of the molecule is C=CCNC(=S)Nc1cccc(C(=O)NC)c1. The number of nitrogens with one attached hydrogen (secondary N) is 3. The number of hydrogen-bond donors (Lipinski definition) is 3. The zero-order valence-corrected chi connectivity index (χ0v) is 10.4. The van der Waals surface area contributed by atoms with Gasteiger partial charge in [-0.15, -0.1) is 6.58 Å². The highest BCUT2D eigenvalue weighted by molar-refractivity contribution is 7.80. The maximum Gasteiger partial charge on any atom is 0.251 e. The highest BCUT2D eigenvalue weighted by Gasteiger charge is 2.03. The molecular weight excluding hydrogens is 234 g/mol. The van der Waals surface area contributed by atoms with Crippen molar-refractivity contribution in [3.63, 3.8) is 0 Å². The van der Waals surface area contributed by atoms with Crippen LogP contribution in [0.3, 0.4) is 0 Å². The van der Waals surface area contributed by atoms with Gasteiger partial charge in [-0.3, -0.25) is 4.79 Å². The van der Waals surface area contributed by atoms with Gasteiger partial charge >= 0.3 is 0 Å². The second kappa shape index (κ2) is 6.65. The van der Waals surface area contributed by atoms with E-state index in [2.05, 4.69) is 22.5 Å². The Morgan fingerprint density at radius 2 is 2.29 bits per heavy atom. The van der Waals surface area contributed by atoms with E-state index in [4.69, 9.17) is 12.2 Å². The van der Waals surface area contributed by atoms with E-state index in [1.54, 1.807) is 31.3 Å². The molecule has 3 N–H and O–H groups in total. The molecule has 0 aliphatic heterocycles. The van der Waals surface area contributed by atoms with Crippen LogP contribution < -0.4 is 16.0 Å². The lowest BCUT2D eigenvalue weighted by Crippen LogP contribution is -2.28. The van der Waals surface area contributed by atoms with Crippen molar-refractivity contribution in [3.05, 3.63) is 42.5 Å². The van der Waals surface area contributed by atoms with Gasteiger partial charge in [0.05, 0.1) is 0 Å². The van der Waals surface area contributed by atoms with Crippen LogP contribution in [-0.4, -0.2) is 24.6 Å². The Balaban J connectivity index is 2.68. The van der Waals surface area contributed by atoms with Crippen molar-refractivity contribution in [2.24, 2.45) is 0 Å². The predicted molar refractivity (Wildman–Crippen MR) is 74.3 cm³/mol. The van der Waals surface area contributed by atoms with Crippen LogP contribution in [0.5, 0.6) is 0 Å². The van der Waals surface area contributed by atoms with Crippen molar-refractivity contribution in [1.82, 2.24) is 10.6 Å². The Bertz CT molecular complexity index is 432. The third-order valence-corrected chi connectivity index (χ3v) is 2.26. The van der Waals surface area contributed by atoms with Crippen molar-refractivity contribution in [3.8, 4) is 0 Å². The zero-order valence-electron chi connectivity index (χ0n) is 9.62. The molecule has 1 aromatic rings.